The maximum absolute atomic E-state index is 12.2. The fraction of sp³-hybridized carbons (Fsp3) is 0.0500. The van der Waals surface area contributed by atoms with E-state index in [1.54, 1.807) is 49.6 Å². The fourth-order valence-electron chi connectivity index (χ4n) is 2.41. The number of nitro benzene ring substituents is 1. The number of methoxy groups -OCH3 is 1. The van der Waals surface area contributed by atoms with E-state index in [1.807, 2.05) is 0 Å². The van der Waals surface area contributed by atoms with Gasteiger partial charge in [0, 0.05) is 23.3 Å². The summed E-state index contributed by atoms with van der Waals surface area (Å²) in [5.74, 6) is 1.41. The highest BCUT2D eigenvalue weighted by Crippen LogP contribution is 2.32. The molecule has 0 spiro atoms. The summed E-state index contributed by atoms with van der Waals surface area (Å²) in [7, 11) is 1.56. The molecule has 7 heteroatoms. The molecule has 0 atom stereocenters. The second kappa shape index (κ2) is 7.88. The molecule has 6 nitrogen and oxygen atoms in total. The number of ketones is 1. The summed E-state index contributed by atoms with van der Waals surface area (Å²) in [5.41, 5.74) is 0.959. The van der Waals surface area contributed by atoms with E-state index in [0.717, 1.165) is 0 Å². The molecule has 0 aliphatic carbocycles. The smallest absolute Gasteiger partial charge is 0.270 e. The molecule has 2 aromatic carbocycles. The molecule has 0 aliphatic rings. The second-order valence-corrected chi connectivity index (χ2v) is 5.96. The average molecular weight is 384 g/mol. The minimum atomic E-state index is -0.517. The van der Waals surface area contributed by atoms with Crippen LogP contribution < -0.4 is 4.74 Å². The SMILES string of the molecule is COc1ccc(C(=O)C=Cc2ccc(-c3ccc([N+](=O)[O-])cc3Cl)o2)cc1. The van der Waals surface area contributed by atoms with Gasteiger partial charge < -0.3 is 9.15 Å². The monoisotopic (exact) mass is 383 g/mol. The molecule has 0 amide bonds. The van der Waals surface area contributed by atoms with Crippen molar-refractivity contribution in [1.82, 2.24) is 0 Å². The maximum Gasteiger partial charge on any atom is 0.270 e. The zero-order chi connectivity index (χ0) is 19.4. The number of furan rings is 1. The Morgan fingerprint density at radius 2 is 1.89 bits per heavy atom. The molecule has 1 aromatic heterocycles. The Balaban J connectivity index is 1.76. The number of ether oxygens (including phenoxy) is 1. The van der Waals surface area contributed by atoms with Gasteiger partial charge in [0.25, 0.3) is 5.69 Å². The molecule has 1 heterocycles. The Hall–Kier alpha value is -3.38. The van der Waals surface area contributed by atoms with Crippen LogP contribution in [0.15, 0.2) is 65.1 Å². The van der Waals surface area contributed by atoms with E-state index < -0.39 is 4.92 Å². The van der Waals surface area contributed by atoms with E-state index in [9.17, 15) is 14.9 Å². The number of nitrogens with zero attached hydrogens (tertiary/aromatic N) is 1. The molecule has 3 rings (SSSR count). The van der Waals surface area contributed by atoms with Crippen LogP contribution in [0.1, 0.15) is 16.1 Å². The normalized spacial score (nSPS) is 10.9. The van der Waals surface area contributed by atoms with Gasteiger partial charge in [0.05, 0.1) is 17.1 Å². The summed E-state index contributed by atoms with van der Waals surface area (Å²) in [6.07, 6.45) is 2.96. The Kier molecular flexibility index (Phi) is 5.38. The molecule has 0 N–H and O–H groups in total. The van der Waals surface area contributed by atoms with E-state index in [0.29, 0.717) is 28.4 Å². The van der Waals surface area contributed by atoms with Gasteiger partial charge in [-0.25, -0.2) is 0 Å². The van der Waals surface area contributed by atoms with Gasteiger partial charge in [-0.15, -0.1) is 0 Å². The van der Waals surface area contributed by atoms with Crippen LogP contribution in [0.5, 0.6) is 5.75 Å². The van der Waals surface area contributed by atoms with Crippen LogP contribution in [-0.4, -0.2) is 17.8 Å². The topological polar surface area (TPSA) is 82.6 Å². The quantitative estimate of drug-likeness (QED) is 0.246. The van der Waals surface area contributed by atoms with Gasteiger partial charge in [0.15, 0.2) is 5.78 Å². The second-order valence-electron chi connectivity index (χ2n) is 5.55. The molecule has 136 valence electrons. The molecule has 3 aromatic rings. The molecule has 0 fully saturated rings. The molecule has 0 unspecified atom stereocenters. The van der Waals surface area contributed by atoms with Crippen LogP contribution >= 0.6 is 11.6 Å². The Morgan fingerprint density at radius 3 is 2.52 bits per heavy atom. The van der Waals surface area contributed by atoms with Crippen molar-refractivity contribution in [2.75, 3.05) is 7.11 Å². The van der Waals surface area contributed by atoms with Gasteiger partial charge in [-0.3, -0.25) is 14.9 Å². The maximum atomic E-state index is 12.2. The fourth-order valence-corrected chi connectivity index (χ4v) is 2.68. The number of allylic oxidation sites excluding steroid dienone is 1. The number of non-ortho nitro benzene ring substituents is 1. The first-order valence-corrected chi connectivity index (χ1v) is 8.26. The first-order valence-electron chi connectivity index (χ1n) is 7.88. The van der Waals surface area contributed by atoms with E-state index in [1.165, 1.54) is 24.3 Å². The average Bonchev–Trinajstić information content (AvgIpc) is 3.14. The van der Waals surface area contributed by atoms with Crippen LogP contribution in [0.25, 0.3) is 17.4 Å². The lowest BCUT2D eigenvalue weighted by molar-refractivity contribution is -0.384. The third-order valence-electron chi connectivity index (χ3n) is 3.83. The third kappa shape index (κ3) is 4.24. The molecule has 0 bridgehead atoms. The van der Waals surface area contributed by atoms with Crippen LogP contribution in [0.2, 0.25) is 5.02 Å². The highest BCUT2D eigenvalue weighted by Gasteiger charge is 2.13. The molecule has 0 saturated carbocycles. The van der Waals surface area contributed by atoms with Gasteiger partial charge in [0.1, 0.15) is 17.3 Å². The number of halogens is 1. The van der Waals surface area contributed by atoms with Crippen LogP contribution in [0.4, 0.5) is 5.69 Å². The highest BCUT2D eigenvalue weighted by atomic mass is 35.5. The number of nitro groups is 1. The van der Waals surface area contributed by atoms with E-state index in [2.05, 4.69) is 0 Å². The third-order valence-corrected chi connectivity index (χ3v) is 4.14. The Bertz CT molecular complexity index is 1020. The number of carbonyl (C=O) groups excluding carboxylic acids is 1. The highest BCUT2D eigenvalue weighted by molar-refractivity contribution is 6.33. The zero-order valence-corrected chi connectivity index (χ0v) is 15.0. The summed E-state index contributed by atoms with van der Waals surface area (Å²) >= 11 is 6.10. The molecule has 0 radical (unpaired) electrons. The van der Waals surface area contributed by atoms with Crippen molar-refractivity contribution in [1.29, 1.82) is 0 Å². The van der Waals surface area contributed by atoms with E-state index in [-0.39, 0.29) is 16.5 Å². The number of hydrogen-bond donors (Lipinski definition) is 0. The van der Waals surface area contributed by atoms with Crippen LogP contribution in [-0.2, 0) is 0 Å². The van der Waals surface area contributed by atoms with Crippen molar-refractivity contribution in [3.63, 3.8) is 0 Å². The number of benzene rings is 2. The lowest BCUT2D eigenvalue weighted by Crippen LogP contribution is -1.93. The largest absolute Gasteiger partial charge is 0.497 e. The standard InChI is InChI=1S/C20H14ClNO5/c1-26-15-5-2-13(3-6-15)19(23)10-7-16-8-11-20(27-16)17-9-4-14(22(24)25)12-18(17)21/h2-12H,1H3. The summed E-state index contributed by atoms with van der Waals surface area (Å²) in [5, 5.41) is 11.0. The van der Waals surface area contributed by atoms with Crippen molar-refractivity contribution in [3.05, 3.63) is 87.1 Å². The van der Waals surface area contributed by atoms with Gasteiger partial charge >= 0.3 is 0 Å². The zero-order valence-electron chi connectivity index (χ0n) is 14.2. The first kappa shape index (κ1) is 18.4. The van der Waals surface area contributed by atoms with Gasteiger partial charge in [-0.2, -0.15) is 0 Å². The lowest BCUT2D eigenvalue weighted by Gasteiger charge is -2.00. The molecule has 0 saturated heterocycles. The van der Waals surface area contributed by atoms with Crippen LogP contribution in [0.3, 0.4) is 0 Å². The molecular formula is C20H14ClNO5. The Labute approximate surface area is 159 Å². The number of carbonyl (C=O) groups is 1. The Morgan fingerprint density at radius 1 is 1.15 bits per heavy atom. The summed E-state index contributed by atoms with van der Waals surface area (Å²) in [4.78, 5) is 22.5. The summed E-state index contributed by atoms with van der Waals surface area (Å²) in [6, 6.07) is 14.3. The van der Waals surface area contributed by atoms with Crippen molar-refractivity contribution in [3.8, 4) is 17.1 Å². The van der Waals surface area contributed by atoms with Crippen LogP contribution in [0, 0.1) is 10.1 Å². The van der Waals surface area contributed by atoms with Crippen molar-refractivity contribution >= 4 is 29.1 Å². The van der Waals surface area contributed by atoms with E-state index >= 15 is 0 Å². The summed E-state index contributed by atoms with van der Waals surface area (Å²) in [6.45, 7) is 0. The molecular weight excluding hydrogens is 370 g/mol. The van der Waals surface area contributed by atoms with E-state index in [4.69, 9.17) is 20.8 Å². The van der Waals surface area contributed by atoms with Gasteiger partial charge in [-0.05, 0) is 54.6 Å². The molecule has 27 heavy (non-hydrogen) atoms. The minimum absolute atomic E-state index is 0.0967. The predicted octanol–water partition coefficient (Wildman–Crippen LogP) is 5.41. The minimum Gasteiger partial charge on any atom is -0.497 e. The number of rotatable bonds is 6. The lowest BCUT2D eigenvalue weighted by atomic mass is 10.1. The first-order chi connectivity index (χ1) is 13.0. The van der Waals surface area contributed by atoms with Crippen molar-refractivity contribution in [2.45, 2.75) is 0 Å². The van der Waals surface area contributed by atoms with Gasteiger partial charge in [0.2, 0.25) is 0 Å². The van der Waals surface area contributed by atoms with Crippen molar-refractivity contribution < 1.29 is 18.9 Å². The van der Waals surface area contributed by atoms with Crippen molar-refractivity contribution in [2.24, 2.45) is 0 Å². The number of hydrogen-bond acceptors (Lipinski definition) is 5. The molecule has 0 aliphatic heterocycles. The predicted molar refractivity (Wildman–Crippen MR) is 102 cm³/mol. The summed E-state index contributed by atoms with van der Waals surface area (Å²) < 4.78 is 10.7. The van der Waals surface area contributed by atoms with Gasteiger partial charge in [-0.1, -0.05) is 11.6 Å².